The fourth-order valence-corrected chi connectivity index (χ4v) is 2.72. The van der Waals surface area contributed by atoms with Crippen molar-refractivity contribution in [1.29, 1.82) is 0 Å². The van der Waals surface area contributed by atoms with Crippen LogP contribution in [0.2, 0.25) is 0 Å². The molecule has 1 amide bonds. The van der Waals surface area contributed by atoms with E-state index in [0.29, 0.717) is 12.5 Å². The Morgan fingerprint density at radius 3 is 3.11 bits per heavy atom. The molecule has 0 bridgehead atoms. The van der Waals surface area contributed by atoms with Gasteiger partial charge in [0.15, 0.2) is 0 Å². The summed E-state index contributed by atoms with van der Waals surface area (Å²) in [4.78, 5) is 12.2. The summed E-state index contributed by atoms with van der Waals surface area (Å²) in [6.45, 7) is 5.73. The second-order valence-electron chi connectivity index (χ2n) is 5.40. The number of amides is 1. The molecule has 0 spiro atoms. The fraction of sp³-hybridized carbons (Fsp3) is 0.714. The molecule has 1 aromatic heterocycles. The van der Waals surface area contributed by atoms with Crippen LogP contribution in [0.3, 0.4) is 0 Å². The van der Waals surface area contributed by atoms with Gasteiger partial charge in [0.05, 0.1) is 11.7 Å². The zero-order valence-corrected chi connectivity index (χ0v) is 12.1. The molecule has 0 radical (unpaired) electrons. The molecule has 2 rings (SSSR count). The molecule has 1 fully saturated rings. The van der Waals surface area contributed by atoms with Gasteiger partial charge in [0.2, 0.25) is 5.91 Å². The average Bonchev–Trinajstić information content (AvgIpc) is 2.77. The highest BCUT2D eigenvalue weighted by molar-refractivity contribution is 5.82. The summed E-state index contributed by atoms with van der Waals surface area (Å²) in [7, 11) is 1.91. The van der Waals surface area contributed by atoms with Crippen LogP contribution >= 0.6 is 0 Å². The maximum atomic E-state index is 12.2. The number of aryl methyl sites for hydroxylation is 2. The third-order valence-electron chi connectivity index (χ3n) is 3.83. The minimum Gasteiger partial charge on any atom is -0.351 e. The number of piperidine rings is 1. The maximum Gasteiger partial charge on any atom is 0.237 e. The lowest BCUT2D eigenvalue weighted by Crippen LogP contribution is -2.50. The molecule has 0 aliphatic carbocycles. The van der Waals surface area contributed by atoms with E-state index in [4.69, 9.17) is 0 Å². The van der Waals surface area contributed by atoms with Crippen LogP contribution in [0, 0.1) is 5.92 Å². The van der Waals surface area contributed by atoms with E-state index in [2.05, 4.69) is 29.6 Å². The lowest BCUT2D eigenvalue weighted by Gasteiger charge is -2.28. The Balaban J connectivity index is 1.92. The van der Waals surface area contributed by atoms with Crippen LogP contribution in [0.5, 0.6) is 0 Å². The smallest absolute Gasteiger partial charge is 0.237 e. The molecule has 2 unspecified atom stereocenters. The second-order valence-corrected chi connectivity index (χ2v) is 5.40. The molecule has 0 aromatic carbocycles. The van der Waals surface area contributed by atoms with Crippen molar-refractivity contribution in [3.8, 4) is 0 Å². The zero-order valence-electron chi connectivity index (χ0n) is 12.1. The Labute approximate surface area is 114 Å². The van der Waals surface area contributed by atoms with Crippen molar-refractivity contribution < 1.29 is 4.79 Å². The van der Waals surface area contributed by atoms with Gasteiger partial charge in [-0.3, -0.25) is 9.48 Å². The Hall–Kier alpha value is -1.36. The SMILES string of the molecule is CCc1nn(C)cc1CNC(=O)C1NCCCC1C. The third kappa shape index (κ3) is 3.35. The molecular formula is C14H24N4O. The van der Waals surface area contributed by atoms with Crippen LogP contribution in [0.4, 0.5) is 0 Å². The number of hydrogen-bond donors (Lipinski definition) is 2. The molecule has 5 nitrogen and oxygen atoms in total. The minimum atomic E-state index is -0.0458. The van der Waals surface area contributed by atoms with E-state index < -0.39 is 0 Å². The van der Waals surface area contributed by atoms with Crippen LogP contribution in [-0.4, -0.2) is 28.3 Å². The van der Waals surface area contributed by atoms with Crippen LogP contribution < -0.4 is 10.6 Å². The van der Waals surface area contributed by atoms with E-state index in [9.17, 15) is 4.79 Å². The Morgan fingerprint density at radius 2 is 2.42 bits per heavy atom. The van der Waals surface area contributed by atoms with E-state index >= 15 is 0 Å². The lowest BCUT2D eigenvalue weighted by atomic mass is 9.92. The van der Waals surface area contributed by atoms with Crippen LogP contribution in [0.1, 0.15) is 37.9 Å². The number of carbonyl (C=O) groups excluding carboxylic acids is 1. The van der Waals surface area contributed by atoms with Crippen molar-refractivity contribution in [3.05, 3.63) is 17.5 Å². The topological polar surface area (TPSA) is 59.0 Å². The fourth-order valence-electron chi connectivity index (χ4n) is 2.72. The van der Waals surface area contributed by atoms with Crippen LogP contribution in [-0.2, 0) is 24.8 Å². The third-order valence-corrected chi connectivity index (χ3v) is 3.83. The van der Waals surface area contributed by atoms with Gasteiger partial charge in [-0.15, -0.1) is 0 Å². The molecule has 106 valence electrons. The average molecular weight is 264 g/mol. The maximum absolute atomic E-state index is 12.2. The largest absolute Gasteiger partial charge is 0.351 e. The van der Waals surface area contributed by atoms with Gasteiger partial charge in [-0.25, -0.2) is 0 Å². The van der Waals surface area contributed by atoms with E-state index in [1.54, 1.807) is 0 Å². The zero-order chi connectivity index (χ0) is 13.8. The van der Waals surface area contributed by atoms with Gasteiger partial charge in [-0.2, -0.15) is 5.10 Å². The molecule has 2 heterocycles. The summed E-state index contributed by atoms with van der Waals surface area (Å²) >= 11 is 0. The molecule has 1 aliphatic rings. The van der Waals surface area contributed by atoms with Crippen LogP contribution in [0.15, 0.2) is 6.20 Å². The first-order valence-electron chi connectivity index (χ1n) is 7.14. The highest BCUT2D eigenvalue weighted by Crippen LogP contribution is 2.16. The molecule has 1 saturated heterocycles. The van der Waals surface area contributed by atoms with Gasteiger partial charge >= 0.3 is 0 Å². The number of carbonyl (C=O) groups is 1. The normalized spacial score (nSPS) is 23.3. The van der Waals surface area contributed by atoms with Gasteiger partial charge in [0, 0.05) is 25.4 Å². The highest BCUT2D eigenvalue weighted by Gasteiger charge is 2.27. The summed E-state index contributed by atoms with van der Waals surface area (Å²) in [5.41, 5.74) is 2.18. The van der Waals surface area contributed by atoms with Crippen molar-refractivity contribution in [2.45, 2.75) is 45.7 Å². The van der Waals surface area contributed by atoms with E-state index in [0.717, 1.165) is 37.1 Å². The summed E-state index contributed by atoms with van der Waals surface area (Å²) in [5, 5.41) is 10.7. The highest BCUT2D eigenvalue weighted by atomic mass is 16.2. The number of nitrogens with zero attached hydrogens (tertiary/aromatic N) is 2. The van der Waals surface area contributed by atoms with Crippen molar-refractivity contribution in [1.82, 2.24) is 20.4 Å². The van der Waals surface area contributed by atoms with Gasteiger partial charge in [-0.1, -0.05) is 13.8 Å². The molecule has 5 heteroatoms. The van der Waals surface area contributed by atoms with Crippen LogP contribution in [0.25, 0.3) is 0 Å². The standard InChI is InChI=1S/C14H24N4O/c1-4-12-11(9-18(3)17-12)8-16-14(19)13-10(2)6-5-7-15-13/h9-10,13,15H,4-8H2,1-3H3,(H,16,19). The van der Waals surface area contributed by atoms with Gasteiger partial charge in [0.1, 0.15) is 0 Å². The quantitative estimate of drug-likeness (QED) is 0.852. The predicted octanol–water partition coefficient (Wildman–Crippen LogP) is 0.987. The Bertz CT molecular complexity index is 441. The number of aromatic nitrogens is 2. The van der Waals surface area contributed by atoms with Crippen molar-refractivity contribution in [2.75, 3.05) is 6.54 Å². The first-order valence-corrected chi connectivity index (χ1v) is 7.14. The number of rotatable bonds is 4. The molecule has 1 aromatic rings. The molecule has 2 atom stereocenters. The van der Waals surface area contributed by atoms with Gasteiger partial charge in [0.25, 0.3) is 0 Å². The number of hydrogen-bond acceptors (Lipinski definition) is 3. The van der Waals surface area contributed by atoms with Gasteiger partial charge in [-0.05, 0) is 31.7 Å². The summed E-state index contributed by atoms with van der Waals surface area (Å²) in [6, 6.07) is -0.0458. The monoisotopic (exact) mass is 264 g/mol. The van der Waals surface area contributed by atoms with E-state index in [1.165, 1.54) is 0 Å². The number of nitrogens with one attached hydrogen (secondary N) is 2. The molecular weight excluding hydrogens is 240 g/mol. The first-order chi connectivity index (χ1) is 9.11. The van der Waals surface area contributed by atoms with Gasteiger partial charge < -0.3 is 10.6 Å². The van der Waals surface area contributed by atoms with Crippen molar-refractivity contribution >= 4 is 5.91 Å². The van der Waals surface area contributed by atoms with Crippen molar-refractivity contribution in [2.24, 2.45) is 13.0 Å². The summed E-state index contributed by atoms with van der Waals surface area (Å²) in [5.74, 6) is 0.520. The Morgan fingerprint density at radius 1 is 1.63 bits per heavy atom. The molecule has 1 aliphatic heterocycles. The van der Waals surface area contributed by atoms with E-state index in [1.807, 2.05) is 17.9 Å². The first kappa shape index (κ1) is 14.1. The molecule has 2 N–H and O–H groups in total. The summed E-state index contributed by atoms with van der Waals surface area (Å²) in [6.07, 6.45) is 5.16. The molecule has 19 heavy (non-hydrogen) atoms. The second kappa shape index (κ2) is 6.19. The van der Waals surface area contributed by atoms with E-state index in [-0.39, 0.29) is 11.9 Å². The lowest BCUT2D eigenvalue weighted by molar-refractivity contribution is -0.125. The van der Waals surface area contributed by atoms with Crippen molar-refractivity contribution in [3.63, 3.8) is 0 Å². The molecule has 0 saturated carbocycles. The predicted molar refractivity (Wildman–Crippen MR) is 74.6 cm³/mol. The minimum absolute atomic E-state index is 0.0458. The Kier molecular flexibility index (Phi) is 4.58. The summed E-state index contributed by atoms with van der Waals surface area (Å²) < 4.78 is 1.81.